The van der Waals surface area contributed by atoms with Crippen LogP contribution in [0.1, 0.15) is 13.8 Å². The van der Waals surface area contributed by atoms with Gasteiger partial charge in [-0.3, -0.25) is 9.52 Å². The van der Waals surface area contributed by atoms with Gasteiger partial charge in [0, 0.05) is 29.4 Å². The standard InChI is InChI=1S/C24H24N4O4S.ClH/c1-4-33(30,31)28-17-10-12-21(23(14-17)32-3)27-24-18-7-5-6-8-20(18)26-22-13-16(25-15(2)29)9-11-19(22)24;/h5-14,28H,4H2,1-3H3,(H,25,29)(H,26,27);1H. The molecule has 178 valence electrons. The highest BCUT2D eigenvalue weighted by molar-refractivity contribution is 7.92. The molecule has 0 aliphatic rings. The highest BCUT2D eigenvalue weighted by atomic mass is 35.5. The zero-order chi connectivity index (χ0) is 23.6. The Labute approximate surface area is 204 Å². The molecular weight excluding hydrogens is 476 g/mol. The van der Waals surface area contributed by atoms with Gasteiger partial charge in [-0.15, -0.1) is 12.4 Å². The first-order valence-electron chi connectivity index (χ1n) is 10.4. The molecule has 0 aliphatic carbocycles. The van der Waals surface area contributed by atoms with Crippen LogP contribution in [0.5, 0.6) is 5.75 Å². The maximum atomic E-state index is 11.9. The molecule has 4 aromatic rings. The fraction of sp³-hybridized carbons (Fsp3) is 0.167. The van der Waals surface area contributed by atoms with Crippen molar-refractivity contribution in [1.29, 1.82) is 0 Å². The molecule has 0 bridgehead atoms. The molecule has 3 aromatic carbocycles. The van der Waals surface area contributed by atoms with E-state index in [4.69, 9.17) is 9.72 Å². The third-order valence-electron chi connectivity index (χ3n) is 5.12. The van der Waals surface area contributed by atoms with Gasteiger partial charge in [0.1, 0.15) is 5.75 Å². The summed E-state index contributed by atoms with van der Waals surface area (Å²) in [5.74, 6) is 0.303. The molecule has 0 aliphatic heterocycles. The Kier molecular flexibility index (Phi) is 7.48. The highest BCUT2D eigenvalue weighted by Crippen LogP contribution is 2.37. The molecule has 0 unspecified atom stereocenters. The Morgan fingerprint density at radius 1 is 0.971 bits per heavy atom. The second-order valence-electron chi connectivity index (χ2n) is 7.46. The number of benzene rings is 3. The molecule has 4 rings (SSSR count). The van der Waals surface area contributed by atoms with Gasteiger partial charge in [0.15, 0.2) is 0 Å². The lowest BCUT2D eigenvalue weighted by Crippen LogP contribution is -2.14. The number of fused-ring (bicyclic) bond motifs is 2. The zero-order valence-corrected chi connectivity index (χ0v) is 20.5. The van der Waals surface area contributed by atoms with Crippen LogP contribution in [0, 0.1) is 0 Å². The maximum Gasteiger partial charge on any atom is 0.232 e. The number of nitrogens with zero attached hydrogens (tertiary/aromatic N) is 1. The average molecular weight is 501 g/mol. The summed E-state index contributed by atoms with van der Waals surface area (Å²) in [6.07, 6.45) is 0. The van der Waals surface area contributed by atoms with E-state index in [9.17, 15) is 13.2 Å². The van der Waals surface area contributed by atoms with Crippen LogP contribution < -0.4 is 20.1 Å². The maximum absolute atomic E-state index is 11.9. The van der Waals surface area contributed by atoms with Crippen LogP contribution in [-0.2, 0) is 14.8 Å². The van der Waals surface area contributed by atoms with E-state index in [1.165, 1.54) is 14.0 Å². The van der Waals surface area contributed by atoms with Crippen LogP contribution in [0.4, 0.5) is 22.7 Å². The van der Waals surface area contributed by atoms with Crippen molar-refractivity contribution in [2.45, 2.75) is 13.8 Å². The number of amides is 1. The Morgan fingerprint density at radius 2 is 1.68 bits per heavy atom. The fourth-order valence-electron chi connectivity index (χ4n) is 3.55. The molecule has 0 atom stereocenters. The minimum Gasteiger partial charge on any atom is -0.494 e. The number of para-hydroxylation sites is 1. The summed E-state index contributed by atoms with van der Waals surface area (Å²) in [4.78, 5) is 16.2. The highest BCUT2D eigenvalue weighted by Gasteiger charge is 2.14. The quantitative estimate of drug-likeness (QED) is 0.298. The van der Waals surface area contributed by atoms with Crippen molar-refractivity contribution in [3.63, 3.8) is 0 Å². The first-order valence-corrected chi connectivity index (χ1v) is 12.0. The summed E-state index contributed by atoms with van der Waals surface area (Å²) in [5.41, 5.74) is 4.08. The van der Waals surface area contributed by atoms with Crippen LogP contribution in [-0.4, -0.2) is 32.2 Å². The lowest BCUT2D eigenvalue weighted by Gasteiger charge is -2.17. The van der Waals surface area contributed by atoms with Gasteiger partial charge in [-0.25, -0.2) is 13.4 Å². The molecule has 1 heterocycles. The summed E-state index contributed by atoms with van der Waals surface area (Å²) in [5, 5.41) is 8.00. The molecule has 8 nitrogen and oxygen atoms in total. The van der Waals surface area contributed by atoms with E-state index in [0.717, 1.165) is 22.0 Å². The number of methoxy groups -OCH3 is 1. The summed E-state index contributed by atoms with van der Waals surface area (Å²) in [6.45, 7) is 3.04. The largest absolute Gasteiger partial charge is 0.494 e. The molecular formula is C24H25ClN4O4S. The van der Waals surface area contributed by atoms with E-state index in [2.05, 4.69) is 15.4 Å². The van der Waals surface area contributed by atoms with Crippen LogP contribution in [0.3, 0.4) is 0 Å². The number of halogens is 1. The fourth-order valence-corrected chi connectivity index (χ4v) is 4.18. The lowest BCUT2D eigenvalue weighted by molar-refractivity contribution is -0.114. The predicted molar refractivity (Wildman–Crippen MR) is 140 cm³/mol. The molecule has 1 amide bonds. The molecule has 1 aromatic heterocycles. The average Bonchev–Trinajstić information content (AvgIpc) is 2.79. The van der Waals surface area contributed by atoms with E-state index in [-0.39, 0.29) is 24.1 Å². The molecule has 0 spiro atoms. The molecule has 0 fully saturated rings. The number of pyridine rings is 1. The molecule has 0 saturated carbocycles. The van der Waals surface area contributed by atoms with E-state index < -0.39 is 10.0 Å². The van der Waals surface area contributed by atoms with Crippen LogP contribution in [0.25, 0.3) is 21.8 Å². The zero-order valence-electron chi connectivity index (χ0n) is 18.9. The number of nitrogens with one attached hydrogen (secondary N) is 3. The van der Waals surface area contributed by atoms with Gasteiger partial charge in [0.2, 0.25) is 15.9 Å². The van der Waals surface area contributed by atoms with Crippen LogP contribution >= 0.6 is 12.4 Å². The number of ether oxygens (including phenoxy) is 1. The summed E-state index contributed by atoms with van der Waals surface area (Å²) >= 11 is 0. The van der Waals surface area contributed by atoms with Crippen molar-refractivity contribution in [3.05, 3.63) is 60.7 Å². The summed E-state index contributed by atoms with van der Waals surface area (Å²) < 4.78 is 31.9. The number of anilines is 4. The summed E-state index contributed by atoms with van der Waals surface area (Å²) in [7, 11) is -1.87. The molecule has 10 heteroatoms. The monoisotopic (exact) mass is 500 g/mol. The number of aromatic nitrogens is 1. The molecule has 34 heavy (non-hydrogen) atoms. The second kappa shape index (κ2) is 10.1. The van der Waals surface area contributed by atoms with E-state index >= 15 is 0 Å². The first kappa shape index (κ1) is 25.1. The topological polar surface area (TPSA) is 109 Å². The summed E-state index contributed by atoms with van der Waals surface area (Å²) in [6, 6.07) is 18.4. The van der Waals surface area contributed by atoms with Crippen molar-refractivity contribution in [2.75, 3.05) is 28.2 Å². The van der Waals surface area contributed by atoms with Crippen molar-refractivity contribution in [2.24, 2.45) is 0 Å². The minimum absolute atomic E-state index is 0. The van der Waals surface area contributed by atoms with Crippen molar-refractivity contribution >= 4 is 72.9 Å². The second-order valence-corrected chi connectivity index (χ2v) is 9.47. The molecule has 3 N–H and O–H groups in total. The van der Waals surface area contributed by atoms with E-state index in [0.29, 0.717) is 28.3 Å². The number of hydrogen-bond acceptors (Lipinski definition) is 6. The van der Waals surface area contributed by atoms with Crippen LogP contribution in [0.2, 0.25) is 0 Å². The third kappa shape index (κ3) is 5.32. The number of hydrogen-bond donors (Lipinski definition) is 3. The van der Waals surface area contributed by atoms with Gasteiger partial charge in [-0.1, -0.05) is 18.2 Å². The van der Waals surface area contributed by atoms with E-state index in [1.807, 2.05) is 42.5 Å². The molecule has 0 saturated heterocycles. The van der Waals surface area contributed by atoms with Gasteiger partial charge in [-0.05, 0) is 43.3 Å². The van der Waals surface area contributed by atoms with Gasteiger partial charge in [0.05, 0.1) is 41.0 Å². The molecule has 0 radical (unpaired) electrons. The normalized spacial score (nSPS) is 11.0. The van der Waals surface area contributed by atoms with Crippen molar-refractivity contribution in [3.8, 4) is 5.75 Å². The van der Waals surface area contributed by atoms with Crippen molar-refractivity contribution < 1.29 is 17.9 Å². The Bertz CT molecular complexity index is 1480. The van der Waals surface area contributed by atoms with Gasteiger partial charge in [-0.2, -0.15) is 0 Å². The van der Waals surface area contributed by atoms with Crippen molar-refractivity contribution in [1.82, 2.24) is 4.98 Å². The number of rotatable bonds is 7. The van der Waals surface area contributed by atoms with Gasteiger partial charge >= 0.3 is 0 Å². The van der Waals surface area contributed by atoms with Gasteiger partial charge < -0.3 is 15.4 Å². The minimum atomic E-state index is -3.40. The van der Waals surface area contributed by atoms with Crippen LogP contribution in [0.15, 0.2) is 60.7 Å². The number of carbonyl (C=O) groups is 1. The Hall–Kier alpha value is -3.56. The number of carbonyl (C=O) groups excluding carboxylic acids is 1. The Morgan fingerprint density at radius 3 is 2.38 bits per heavy atom. The number of sulfonamides is 1. The Balaban J connectivity index is 0.00000324. The lowest BCUT2D eigenvalue weighted by atomic mass is 10.1. The smallest absolute Gasteiger partial charge is 0.232 e. The predicted octanol–water partition coefficient (Wildman–Crippen LogP) is 5.28. The van der Waals surface area contributed by atoms with E-state index in [1.54, 1.807) is 25.1 Å². The SMILES string of the molecule is CCS(=O)(=O)Nc1ccc(Nc2c3ccccc3nc3cc(NC(C)=O)ccc23)c(OC)c1.Cl. The first-order chi connectivity index (χ1) is 15.8. The third-order valence-corrected chi connectivity index (χ3v) is 6.42. The van der Waals surface area contributed by atoms with Gasteiger partial charge in [0.25, 0.3) is 0 Å².